The zero-order valence-electron chi connectivity index (χ0n) is 19.5. The second kappa shape index (κ2) is 9.21. The predicted molar refractivity (Wildman–Crippen MR) is 141 cm³/mol. The Bertz CT molecular complexity index is 1700. The van der Waals surface area contributed by atoms with Crippen LogP contribution in [0.25, 0.3) is 11.8 Å². The number of aryl methyl sites for hydroxylation is 1. The molecule has 1 aliphatic heterocycles. The summed E-state index contributed by atoms with van der Waals surface area (Å²) in [5.41, 5.74) is 5.95. The first-order chi connectivity index (χ1) is 17.6. The van der Waals surface area contributed by atoms with E-state index in [-0.39, 0.29) is 17.4 Å². The van der Waals surface area contributed by atoms with Gasteiger partial charge in [-0.2, -0.15) is 0 Å². The summed E-state index contributed by atoms with van der Waals surface area (Å²) >= 11 is 1.37. The highest BCUT2D eigenvalue weighted by Gasteiger charge is 2.32. The molecular formula is C30H23FN2O2S. The first kappa shape index (κ1) is 22.4. The van der Waals surface area contributed by atoms with Crippen molar-refractivity contribution in [3.8, 4) is 5.75 Å². The van der Waals surface area contributed by atoms with E-state index in [1.807, 2.05) is 42.5 Å². The average molecular weight is 495 g/mol. The van der Waals surface area contributed by atoms with E-state index in [4.69, 9.17) is 9.73 Å². The molecule has 36 heavy (non-hydrogen) atoms. The van der Waals surface area contributed by atoms with Gasteiger partial charge in [0.05, 0.1) is 16.3 Å². The predicted octanol–water partition coefficient (Wildman–Crippen LogP) is 5.02. The number of thiazole rings is 1. The van der Waals surface area contributed by atoms with Gasteiger partial charge in [0, 0.05) is 11.1 Å². The number of fused-ring (bicyclic) bond motifs is 3. The van der Waals surface area contributed by atoms with E-state index >= 15 is 0 Å². The molecule has 6 heteroatoms. The van der Waals surface area contributed by atoms with Gasteiger partial charge in [-0.1, -0.05) is 78.6 Å². The molecule has 1 atom stereocenters. The summed E-state index contributed by atoms with van der Waals surface area (Å²) in [6.07, 6.45) is 5.22. The Morgan fingerprint density at radius 3 is 2.67 bits per heavy atom. The standard InChI is InChI=1S/C30H23FN2O2S/c1-2-17-35-25-10-6-4-8-21(25)18-26-29(34)33-28(20-11-14-22(31)15-12-20)24-16-13-19-7-3-5-9-23(19)27(24)32-30(33)36-26/h2-12,14-15,18,28H,1,13,16-17H2/b26-18-/t28-/m1/s1. The van der Waals surface area contributed by atoms with E-state index in [1.165, 1.54) is 29.0 Å². The summed E-state index contributed by atoms with van der Waals surface area (Å²) in [6.45, 7) is 4.09. The fourth-order valence-electron chi connectivity index (χ4n) is 4.99. The zero-order valence-corrected chi connectivity index (χ0v) is 20.3. The van der Waals surface area contributed by atoms with Crippen LogP contribution in [-0.2, 0) is 6.42 Å². The molecule has 6 rings (SSSR count). The minimum absolute atomic E-state index is 0.114. The van der Waals surface area contributed by atoms with Crippen molar-refractivity contribution in [3.05, 3.63) is 139 Å². The molecule has 0 radical (unpaired) electrons. The van der Waals surface area contributed by atoms with Crippen LogP contribution in [0.5, 0.6) is 5.75 Å². The highest BCUT2D eigenvalue weighted by Crippen LogP contribution is 2.41. The summed E-state index contributed by atoms with van der Waals surface area (Å²) in [5, 5.41) is 0. The van der Waals surface area contributed by atoms with E-state index in [9.17, 15) is 9.18 Å². The Morgan fingerprint density at radius 2 is 1.83 bits per heavy atom. The number of para-hydroxylation sites is 1. The molecule has 0 saturated heterocycles. The van der Waals surface area contributed by atoms with E-state index in [0.29, 0.717) is 21.7 Å². The van der Waals surface area contributed by atoms with Crippen molar-refractivity contribution >= 4 is 23.1 Å². The average Bonchev–Trinajstić information content (AvgIpc) is 3.22. The molecule has 0 fully saturated rings. The van der Waals surface area contributed by atoms with Crippen molar-refractivity contribution < 1.29 is 9.13 Å². The van der Waals surface area contributed by atoms with Gasteiger partial charge in [0.2, 0.25) is 0 Å². The highest BCUT2D eigenvalue weighted by atomic mass is 32.1. The Hall–Kier alpha value is -4.03. The lowest BCUT2D eigenvalue weighted by Crippen LogP contribution is -2.38. The van der Waals surface area contributed by atoms with Crippen molar-refractivity contribution in [1.29, 1.82) is 0 Å². The van der Waals surface area contributed by atoms with E-state index < -0.39 is 0 Å². The first-order valence-electron chi connectivity index (χ1n) is 11.9. The third-order valence-corrected chi connectivity index (χ3v) is 7.60. The number of ether oxygens (including phenoxy) is 1. The topological polar surface area (TPSA) is 43.6 Å². The van der Waals surface area contributed by atoms with Gasteiger partial charge in [0.1, 0.15) is 18.2 Å². The number of nitrogens with zero attached hydrogens (tertiary/aromatic N) is 2. The number of halogens is 1. The van der Waals surface area contributed by atoms with E-state index in [1.54, 1.807) is 22.8 Å². The fourth-order valence-corrected chi connectivity index (χ4v) is 5.98. The molecule has 2 heterocycles. The summed E-state index contributed by atoms with van der Waals surface area (Å²) < 4.78 is 21.9. The van der Waals surface area contributed by atoms with Gasteiger partial charge >= 0.3 is 0 Å². The maximum atomic E-state index is 13.8. The fraction of sp³-hybridized carbons (Fsp3) is 0.133. The maximum absolute atomic E-state index is 13.8. The Labute approximate surface area is 211 Å². The van der Waals surface area contributed by atoms with Crippen molar-refractivity contribution in [2.45, 2.75) is 18.9 Å². The zero-order chi connectivity index (χ0) is 24.6. The first-order valence-corrected chi connectivity index (χ1v) is 12.7. The van der Waals surface area contributed by atoms with Gasteiger partial charge in [0.25, 0.3) is 5.56 Å². The van der Waals surface area contributed by atoms with Crippen molar-refractivity contribution in [2.75, 3.05) is 6.61 Å². The molecule has 0 N–H and O–H groups in total. The van der Waals surface area contributed by atoms with Crippen molar-refractivity contribution in [1.82, 2.24) is 4.57 Å². The van der Waals surface area contributed by atoms with Gasteiger partial charge in [-0.25, -0.2) is 9.38 Å². The molecule has 0 bridgehead atoms. The minimum Gasteiger partial charge on any atom is -0.489 e. The molecule has 0 amide bonds. The quantitative estimate of drug-likeness (QED) is 0.366. The SMILES string of the molecule is C=CCOc1ccccc1/C=c1\sc2n(c1=O)[C@H](c1ccc(F)cc1)C1=C(N=2)c2ccccc2CC1. The van der Waals surface area contributed by atoms with Crippen LogP contribution in [0.1, 0.15) is 34.7 Å². The van der Waals surface area contributed by atoms with Gasteiger partial charge < -0.3 is 4.74 Å². The Balaban J connectivity index is 1.58. The third kappa shape index (κ3) is 3.84. The third-order valence-electron chi connectivity index (χ3n) is 6.62. The molecule has 0 unspecified atom stereocenters. The summed E-state index contributed by atoms with van der Waals surface area (Å²) in [4.78, 5) is 19.5. The smallest absolute Gasteiger partial charge is 0.271 e. The summed E-state index contributed by atoms with van der Waals surface area (Å²) in [7, 11) is 0. The normalized spacial score (nSPS) is 16.6. The van der Waals surface area contributed by atoms with Crippen LogP contribution < -0.4 is 19.6 Å². The monoisotopic (exact) mass is 494 g/mol. The number of rotatable bonds is 5. The molecular weight excluding hydrogens is 471 g/mol. The number of allylic oxidation sites excluding steroid dienone is 1. The molecule has 1 aliphatic carbocycles. The summed E-state index contributed by atoms with van der Waals surface area (Å²) in [6, 6.07) is 22.0. The lowest BCUT2D eigenvalue weighted by Gasteiger charge is -2.30. The second-order valence-electron chi connectivity index (χ2n) is 8.80. The number of hydrogen-bond acceptors (Lipinski definition) is 4. The number of hydrogen-bond donors (Lipinski definition) is 0. The number of benzene rings is 3. The Morgan fingerprint density at radius 1 is 1.06 bits per heavy atom. The molecule has 1 aromatic heterocycles. The lowest BCUT2D eigenvalue weighted by atomic mass is 9.83. The van der Waals surface area contributed by atoms with Gasteiger partial charge in [0.15, 0.2) is 4.80 Å². The minimum atomic E-state index is -0.334. The van der Waals surface area contributed by atoms with Gasteiger partial charge in [-0.3, -0.25) is 9.36 Å². The van der Waals surface area contributed by atoms with Crippen LogP contribution in [0.15, 0.2) is 101 Å². The molecule has 0 saturated carbocycles. The summed E-state index contributed by atoms with van der Waals surface area (Å²) in [5.74, 6) is 0.386. The van der Waals surface area contributed by atoms with Crippen molar-refractivity contribution in [3.63, 3.8) is 0 Å². The molecule has 0 spiro atoms. The molecule has 3 aromatic carbocycles. The van der Waals surface area contributed by atoms with E-state index in [0.717, 1.165) is 40.8 Å². The van der Waals surface area contributed by atoms with Crippen LogP contribution in [0.2, 0.25) is 0 Å². The molecule has 2 aliphatic rings. The van der Waals surface area contributed by atoms with Crippen LogP contribution in [0, 0.1) is 5.82 Å². The van der Waals surface area contributed by atoms with Crippen LogP contribution in [-0.4, -0.2) is 11.2 Å². The van der Waals surface area contributed by atoms with Crippen molar-refractivity contribution in [2.24, 2.45) is 4.99 Å². The van der Waals surface area contributed by atoms with Crippen LogP contribution >= 0.6 is 11.3 Å². The second-order valence-corrected chi connectivity index (χ2v) is 9.81. The largest absolute Gasteiger partial charge is 0.489 e. The maximum Gasteiger partial charge on any atom is 0.271 e. The molecule has 4 aromatic rings. The van der Waals surface area contributed by atoms with Gasteiger partial charge in [-0.05, 0) is 53.8 Å². The van der Waals surface area contributed by atoms with Gasteiger partial charge in [-0.15, -0.1) is 0 Å². The molecule has 4 nitrogen and oxygen atoms in total. The Kier molecular flexibility index (Phi) is 5.74. The van der Waals surface area contributed by atoms with Crippen LogP contribution in [0.3, 0.4) is 0 Å². The van der Waals surface area contributed by atoms with E-state index in [2.05, 4.69) is 18.7 Å². The lowest BCUT2D eigenvalue weighted by molar-refractivity contribution is 0.362. The number of aromatic nitrogens is 1. The molecule has 178 valence electrons. The highest BCUT2D eigenvalue weighted by molar-refractivity contribution is 7.07. The van der Waals surface area contributed by atoms with Crippen LogP contribution in [0.4, 0.5) is 4.39 Å².